The summed E-state index contributed by atoms with van der Waals surface area (Å²) in [6.45, 7) is 2.18. The number of carbonyl (C=O) groups is 1. The van der Waals surface area contributed by atoms with Gasteiger partial charge in [-0.2, -0.15) is 0 Å². The van der Waals surface area contributed by atoms with E-state index in [4.69, 9.17) is 10.5 Å². The molecular weight excluding hydrogens is 349 g/mol. The largest absolute Gasteiger partial charge is 0.375 e. The van der Waals surface area contributed by atoms with Crippen LogP contribution in [0.25, 0.3) is 0 Å². The molecule has 0 saturated carbocycles. The lowest BCUT2D eigenvalue weighted by atomic mass is 10.2. The second-order valence-electron chi connectivity index (χ2n) is 5.82. The predicted octanol–water partition coefficient (Wildman–Crippen LogP) is 2.37. The Kier molecular flexibility index (Phi) is 11.8. The summed E-state index contributed by atoms with van der Waals surface area (Å²) in [4.78, 5) is 14.2. The van der Waals surface area contributed by atoms with Crippen LogP contribution in [-0.4, -0.2) is 44.8 Å². The SMILES string of the molecule is CN(CCCCNC(=O)[C@@H]1CC[C@H](CN)O1)c1ccccc1.Cl.Cl. The summed E-state index contributed by atoms with van der Waals surface area (Å²) in [5, 5.41) is 2.96. The van der Waals surface area contributed by atoms with E-state index in [2.05, 4.69) is 29.4 Å². The standard InChI is InChI=1S/C17H27N3O2.2ClH/c1-20(14-7-3-2-4-8-14)12-6-5-11-19-17(21)16-10-9-15(13-18)22-16;;/h2-4,7-8,15-16H,5-6,9-13,18H2,1H3,(H,19,21);2*1H/t15-,16+;;/m1../s1. The molecule has 1 aromatic rings. The number of hydrogen-bond donors (Lipinski definition) is 2. The van der Waals surface area contributed by atoms with Gasteiger partial charge in [-0.25, -0.2) is 0 Å². The van der Waals surface area contributed by atoms with Crippen molar-refractivity contribution >= 4 is 36.4 Å². The molecule has 1 aliphatic heterocycles. The van der Waals surface area contributed by atoms with Crippen LogP contribution >= 0.6 is 24.8 Å². The summed E-state index contributed by atoms with van der Waals surface area (Å²) in [7, 11) is 2.09. The Hall–Kier alpha value is -1.01. The fourth-order valence-electron chi connectivity index (χ4n) is 2.68. The molecule has 1 aliphatic rings. The first-order valence-corrected chi connectivity index (χ1v) is 8.10. The van der Waals surface area contributed by atoms with Crippen molar-refractivity contribution in [2.45, 2.75) is 37.9 Å². The summed E-state index contributed by atoms with van der Waals surface area (Å²) in [6, 6.07) is 10.3. The molecule has 24 heavy (non-hydrogen) atoms. The number of ether oxygens (including phenoxy) is 1. The molecule has 7 heteroatoms. The number of carbonyl (C=O) groups excluding carboxylic acids is 1. The fraction of sp³-hybridized carbons (Fsp3) is 0.588. The van der Waals surface area contributed by atoms with Crippen molar-refractivity contribution in [2.24, 2.45) is 5.73 Å². The second-order valence-corrected chi connectivity index (χ2v) is 5.82. The van der Waals surface area contributed by atoms with Crippen LogP contribution in [-0.2, 0) is 9.53 Å². The van der Waals surface area contributed by atoms with Gasteiger partial charge in [-0.3, -0.25) is 4.79 Å². The molecule has 1 amide bonds. The van der Waals surface area contributed by atoms with Crippen molar-refractivity contribution in [3.05, 3.63) is 30.3 Å². The summed E-state index contributed by atoms with van der Waals surface area (Å²) in [6.07, 6.45) is 3.43. The average Bonchev–Trinajstić information content (AvgIpc) is 3.04. The van der Waals surface area contributed by atoms with Crippen molar-refractivity contribution < 1.29 is 9.53 Å². The molecular formula is C17H29Cl2N3O2. The van der Waals surface area contributed by atoms with Gasteiger partial charge in [0.2, 0.25) is 5.91 Å². The molecule has 3 N–H and O–H groups in total. The van der Waals surface area contributed by atoms with Crippen LogP contribution in [0.15, 0.2) is 30.3 Å². The van der Waals surface area contributed by atoms with Crippen LogP contribution in [0.5, 0.6) is 0 Å². The number of nitrogens with two attached hydrogens (primary N) is 1. The maximum atomic E-state index is 11.9. The maximum absolute atomic E-state index is 11.9. The van der Waals surface area contributed by atoms with E-state index >= 15 is 0 Å². The number of amides is 1. The first-order valence-electron chi connectivity index (χ1n) is 8.10. The van der Waals surface area contributed by atoms with E-state index in [0.29, 0.717) is 13.1 Å². The molecule has 138 valence electrons. The van der Waals surface area contributed by atoms with Crippen molar-refractivity contribution in [3.8, 4) is 0 Å². The zero-order valence-corrected chi connectivity index (χ0v) is 15.8. The highest BCUT2D eigenvalue weighted by molar-refractivity contribution is 5.85. The number of anilines is 1. The number of unbranched alkanes of at least 4 members (excludes halogenated alkanes) is 1. The van der Waals surface area contributed by atoms with Gasteiger partial charge in [-0.1, -0.05) is 18.2 Å². The van der Waals surface area contributed by atoms with Crippen molar-refractivity contribution in [1.29, 1.82) is 0 Å². The number of halogens is 2. The fourth-order valence-corrected chi connectivity index (χ4v) is 2.68. The van der Waals surface area contributed by atoms with Gasteiger partial charge in [0.05, 0.1) is 6.10 Å². The van der Waals surface area contributed by atoms with E-state index in [0.717, 1.165) is 32.2 Å². The van der Waals surface area contributed by atoms with Crippen molar-refractivity contribution in [2.75, 3.05) is 31.6 Å². The van der Waals surface area contributed by atoms with Gasteiger partial charge in [0, 0.05) is 32.4 Å². The molecule has 2 rings (SSSR count). The Morgan fingerprint density at radius 2 is 1.96 bits per heavy atom. The summed E-state index contributed by atoms with van der Waals surface area (Å²) in [5.41, 5.74) is 6.77. The number of para-hydroxylation sites is 1. The predicted molar refractivity (Wildman–Crippen MR) is 103 cm³/mol. The molecule has 0 bridgehead atoms. The van der Waals surface area contributed by atoms with Crippen LogP contribution in [0.4, 0.5) is 5.69 Å². The van der Waals surface area contributed by atoms with Gasteiger partial charge in [0.25, 0.3) is 0 Å². The first kappa shape index (κ1) is 23.0. The molecule has 2 atom stereocenters. The minimum atomic E-state index is -0.305. The average molecular weight is 378 g/mol. The van der Waals surface area contributed by atoms with Gasteiger partial charge >= 0.3 is 0 Å². The molecule has 0 aromatic heterocycles. The minimum Gasteiger partial charge on any atom is -0.375 e. The molecule has 1 heterocycles. The third-order valence-electron chi connectivity index (χ3n) is 4.08. The van der Waals surface area contributed by atoms with Crippen LogP contribution < -0.4 is 16.0 Å². The summed E-state index contributed by atoms with van der Waals surface area (Å²) >= 11 is 0. The lowest BCUT2D eigenvalue weighted by Crippen LogP contribution is -2.36. The van der Waals surface area contributed by atoms with Crippen LogP contribution in [0.2, 0.25) is 0 Å². The van der Waals surface area contributed by atoms with Crippen molar-refractivity contribution in [1.82, 2.24) is 5.32 Å². The molecule has 1 saturated heterocycles. The van der Waals surface area contributed by atoms with Gasteiger partial charge < -0.3 is 20.7 Å². The van der Waals surface area contributed by atoms with E-state index in [1.54, 1.807) is 0 Å². The zero-order valence-electron chi connectivity index (χ0n) is 14.1. The molecule has 0 unspecified atom stereocenters. The Bertz CT molecular complexity index is 462. The topological polar surface area (TPSA) is 67.6 Å². The van der Waals surface area contributed by atoms with Crippen molar-refractivity contribution in [3.63, 3.8) is 0 Å². The molecule has 5 nitrogen and oxygen atoms in total. The number of rotatable bonds is 8. The zero-order chi connectivity index (χ0) is 15.8. The Balaban J connectivity index is 0.00000264. The van der Waals surface area contributed by atoms with Gasteiger partial charge in [-0.15, -0.1) is 24.8 Å². The van der Waals surface area contributed by atoms with E-state index in [1.807, 2.05) is 18.2 Å². The van der Waals surface area contributed by atoms with Crippen LogP contribution in [0.1, 0.15) is 25.7 Å². The van der Waals surface area contributed by atoms with Crippen LogP contribution in [0, 0.1) is 0 Å². The molecule has 1 aromatic carbocycles. The van der Waals surface area contributed by atoms with E-state index < -0.39 is 0 Å². The van der Waals surface area contributed by atoms with E-state index in [-0.39, 0.29) is 42.9 Å². The minimum absolute atomic E-state index is 0. The smallest absolute Gasteiger partial charge is 0.249 e. The van der Waals surface area contributed by atoms with E-state index in [9.17, 15) is 4.79 Å². The van der Waals surface area contributed by atoms with Crippen LogP contribution in [0.3, 0.4) is 0 Å². The maximum Gasteiger partial charge on any atom is 0.249 e. The van der Waals surface area contributed by atoms with Gasteiger partial charge in [0.15, 0.2) is 0 Å². The first-order chi connectivity index (χ1) is 10.7. The Morgan fingerprint density at radius 3 is 2.58 bits per heavy atom. The number of nitrogens with one attached hydrogen (secondary N) is 1. The van der Waals surface area contributed by atoms with Gasteiger partial charge in [-0.05, 0) is 37.8 Å². The third-order valence-corrected chi connectivity index (χ3v) is 4.08. The summed E-state index contributed by atoms with van der Waals surface area (Å²) in [5.74, 6) is 0.00682. The van der Waals surface area contributed by atoms with E-state index in [1.165, 1.54) is 5.69 Å². The lowest BCUT2D eigenvalue weighted by Gasteiger charge is -2.19. The number of benzene rings is 1. The highest BCUT2D eigenvalue weighted by Crippen LogP contribution is 2.18. The quantitative estimate of drug-likeness (QED) is 0.682. The van der Waals surface area contributed by atoms with Gasteiger partial charge in [0.1, 0.15) is 6.10 Å². The molecule has 0 spiro atoms. The normalized spacial score (nSPS) is 19.1. The molecule has 0 aliphatic carbocycles. The Morgan fingerprint density at radius 1 is 1.25 bits per heavy atom. The third kappa shape index (κ3) is 7.26. The highest BCUT2D eigenvalue weighted by Gasteiger charge is 2.29. The lowest BCUT2D eigenvalue weighted by molar-refractivity contribution is -0.131. The molecule has 0 radical (unpaired) electrons. The number of hydrogen-bond acceptors (Lipinski definition) is 4. The number of nitrogens with zero attached hydrogens (tertiary/aromatic N) is 1. The second kappa shape index (κ2) is 12.4. The summed E-state index contributed by atoms with van der Waals surface area (Å²) < 4.78 is 5.58. The molecule has 1 fully saturated rings. The highest BCUT2D eigenvalue weighted by atomic mass is 35.5. The monoisotopic (exact) mass is 377 g/mol. The Labute approximate surface area is 157 Å².